The fraction of sp³-hybridized carbons (Fsp3) is 0.515. The number of amides is 3. The lowest BCUT2D eigenvalue weighted by Gasteiger charge is -2.29. The molecule has 3 atom stereocenters. The monoisotopic (exact) mass is 610 g/mol. The standard InChI is InChI=1S/C33H46N4O7/c1-43-26-13-9-12-25(20-26)22-34-23-29(38)28(21-24-10-5-3-6-11-24)36-33(42)27(35-30(39)15-17-32(41)44-2)14-16-31(40)37-18-7-4-8-19-37/h3,5-6,9-13,20,27-29,34,38H,4,7-8,14-19,21-23H2,1-2H3,(H,35,39)(H,36,42)/t27-,28-,29-/m0/s1. The highest BCUT2D eigenvalue weighted by Gasteiger charge is 2.28. The molecule has 0 unspecified atom stereocenters. The second-order valence-corrected chi connectivity index (χ2v) is 11.0. The van der Waals surface area contributed by atoms with Crippen molar-refractivity contribution in [2.45, 2.75) is 76.1 Å². The van der Waals surface area contributed by atoms with Crippen LogP contribution in [0.25, 0.3) is 0 Å². The molecule has 1 aliphatic rings. The maximum atomic E-state index is 13.6. The summed E-state index contributed by atoms with van der Waals surface area (Å²) in [5, 5.41) is 20.1. The number of esters is 1. The molecule has 0 bridgehead atoms. The van der Waals surface area contributed by atoms with Crippen LogP contribution in [0.3, 0.4) is 0 Å². The van der Waals surface area contributed by atoms with E-state index < -0.39 is 36.0 Å². The van der Waals surface area contributed by atoms with Crippen LogP contribution in [0.5, 0.6) is 5.75 Å². The number of rotatable bonds is 17. The number of hydrogen-bond acceptors (Lipinski definition) is 8. The van der Waals surface area contributed by atoms with Crippen molar-refractivity contribution in [3.05, 3.63) is 65.7 Å². The van der Waals surface area contributed by atoms with Crippen LogP contribution in [0.2, 0.25) is 0 Å². The highest BCUT2D eigenvalue weighted by molar-refractivity contribution is 5.89. The maximum absolute atomic E-state index is 13.6. The molecule has 2 aromatic carbocycles. The van der Waals surface area contributed by atoms with E-state index in [1.54, 1.807) is 12.0 Å². The number of methoxy groups -OCH3 is 2. The minimum atomic E-state index is -1.02. The van der Waals surface area contributed by atoms with Crippen LogP contribution < -0.4 is 20.7 Å². The predicted octanol–water partition coefficient (Wildman–Crippen LogP) is 2.10. The number of ether oxygens (including phenoxy) is 2. The Hall–Kier alpha value is -3.96. The number of carbonyl (C=O) groups is 4. The van der Waals surface area contributed by atoms with Crippen LogP contribution in [-0.2, 0) is 36.9 Å². The fourth-order valence-corrected chi connectivity index (χ4v) is 5.15. The zero-order valence-electron chi connectivity index (χ0n) is 25.8. The van der Waals surface area contributed by atoms with Crippen molar-refractivity contribution < 1.29 is 33.8 Å². The summed E-state index contributed by atoms with van der Waals surface area (Å²) in [5.41, 5.74) is 1.90. The third-order valence-corrected chi connectivity index (χ3v) is 7.70. The molecule has 2 aromatic rings. The van der Waals surface area contributed by atoms with Gasteiger partial charge in [0.25, 0.3) is 0 Å². The molecule has 240 valence electrons. The van der Waals surface area contributed by atoms with Crippen LogP contribution in [0.4, 0.5) is 0 Å². The van der Waals surface area contributed by atoms with Crippen molar-refractivity contribution in [1.82, 2.24) is 20.9 Å². The van der Waals surface area contributed by atoms with Gasteiger partial charge < -0.3 is 35.4 Å². The summed E-state index contributed by atoms with van der Waals surface area (Å²) in [6, 6.07) is 15.4. The molecule has 1 fully saturated rings. The Morgan fingerprint density at radius 2 is 1.61 bits per heavy atom. The Bertz CT molecular complexity index is 1200. The van der Waals surface area contributed by atoms with Gasteiger partial charge in [-0.2, -0.15) is 0 Å². The van der Waals surface area contributed by atoms with Crippen LogP contribution in [-0.4, -0.2) is 85.7 Å². The van der Waals surface area contributed by atoms with E-state index in [9.17, 15) is 24.3 Å². The molecule has 0 radical (unpaired) electrons. The minimum absolute atomic E-state index is 0.0612. The van der Waals surface area contributed by atoms with Gasteiger partial charge in [-0.25, -0.2) is 0 Å². The van der Waals surface area contributed by atoms with Gasteiger partial charge in [0, 0.05) is 39.0 Å². The number of hydrogen-bond donors (Lipinski definition) is 4. The summed E-state index contributed by atoms with van der Waals surface area (Å²) in [5.74, 6) is -0.864. The molecule has 1 saturated heterocycles. The third kappa shape index (κ3) is 12.0. The van der Waals surface area contributed by atoms with Gasteiger partial charge >= 0.3 is 5.97 Å². The molecule has 44 heavy (non-hydrogen) atoms. The lowest BCUT2D eigenvalue weighted by atomic mass is 9.99. The van der Waals surface area contributed by atoms with E-state index in [0.29, 0.717) is 26.1 Å². The first-order chi connectivity index (χ1) is 21.3. The smallest absolute Gasteiger partial charge is 0.306 e. The highest BCUT2D eigenvalue weighted by atomic mass is 16.5. The normalized spacial score (nSPS) is 15.0. The molecule has 0 aliphatic carbocycles. The van der Waals surface area contributed by atoms with Crippen molar-refractivity contribution in [3.63, 3.8) is 0 Å². The summed E-state index contributed by atoms with van der Waals surface area (Å²) in [7, 11) is 2.85. The van der Waals surface area contributed by atoms with E-state index in [0.717, 1.165) is 36.1 Å². The van der Waals surface area contributed by atoms with Gasteiger partial charge in [-0.3, -0.25) is 19.2 Å². The van der Waals surface area contributed by atoms with Crippen molar-refractivity contribution >= 4 is 23.7 Å². The summed E-state index contributed by atoms with van der Waals surface area (Å²) in [4.78, 5) is 52.6. The van der Waals surface area contributed by atoms with Gasteiger partial charge in [0.2, 0.25) is 17.7 Å². The Balaban J connectivity index is 1.69. The molecule has 0 spiro atoms. The van der Waals surface area contributed by atoms with E-state index >= 15 is 0 Å². The largest absolute Gasteiger partial charge is 0.497 e. The molecule has 11 nitrogen and oxygen atoms in total. The summed E-state index contributed by atoms with van der Waals surface area (Å²) in [6.07, 6.45) is 2.27. The second kappa shape index (κ2) is 18.6. The zero-order valence-corrected chi connectivity index (χ0v) is 25.8. The van der Waals surface area contributed by atoms with Crippen LogP contribution in [0.1, 0.15) is 56.1 Å². The highest BCUT2D eigenvalue weighted by Crippen LogP contribution is 2.14. The molecule has 0 saturated carbocycles. The average Bonchev–Trinajstić information content (AvgIpc) is 3.05. The lowest BCUT2D eigenvalue weighted by Crippen LogP contribution is -2.55. The number of aliphatic hydroxyl groups excluding tert-OH is 1. The van der Waals surface area contributed by atoms with Crippen molar-refractivity contribution in [3.8, 4) is 5.75 Å². The topological polar surface area (TPSA) is 146 Å². The minimum Gasteiger partial charge on any atom is -0.497 e. The number of benzene rings is 2. The van der Waals surface area contributed by atoms with E-state index in [1.807, 2.05) is 54.6 Å². The van der Waals surface area contributed by atoms with E-state index in [4.69, 9.17) is 4.74 Å². The fourth-order valence-electron chi connectivity index (χ4n) is 5.15. The van der Waals surface area contributed by atoms with Crippen LogP contribution >= 0.6 is 0 Å². The number of carbonyl (C=O) groups excluding carboxylic acids is 4. The summed E-state index contributed by atoms with van der Waals surface area (Å²) >= 11 is 0. The summed E-state index contributed by atoms with van der Waals surface area (Å²) in [6.45, 7) is 2.06. The first kappa shape index (κ1) is 34.5. The first-order valence-electron chi connectivity index (χ1n) is 15.3. The molecule has 3 rings (SSSR count). The molecule has 1 heterocycles. The molecular formula is C33H46N4O7. The average molecular weight is 611 g/mol. The van der Waals surface area contributed by atoms with Gasteiger partial charge in [0.15, 0.2) is 0 Å². The quantitative estimate of drug-likeness (QED) is 0.199. The van der Waals surface area contributed by atoms with Crippen LogP contribution in [0.15, 0.2) is 54.6 Å². The number of piperidine rings is 1. The van der Waals surface area contributed by atoms with E-state index in [1.165, 1.54) is 7.11 Å². The van der Waals surface area contributed by atoms with Gasteiger partial charge in [-0.05, 0) is 55.4 Å². The molecule has 0 aromatic heterocycles. The Labute approximate surface area is 259 Å². The second-order valence-electron chi connectivity index (χ2n) is 11.0. The zero-order chi connectivity index (χ0) is 31.7. The molecular weight excluding hydrogens is 564 g/mol. The number of nitrogens with one attached hydrogen (secondary N) is 3. The first-order valence-corrected chi connectivity index (χ1v) is 15.3. The third-order valence-electron chi connectivity index (χ3n) is 7.70. The molecule has 1 aliphatic heterocycles. The van der Waals surface area contributed by atoms with Crippen molar-refractivity contribution in [2.75, 3.05) is 33.9 Å². The van der Waals surface area contributed by atoms with E-state index in [2.05, 4.69) is 20.7 Å². The lowest BCUT2D eigenvalue weighted by molar-refractivity contribution is -0.142. The summed E-state index contributed by atoms with van der Waals surface area (Å²) < 4.78 is 9.90. The van der Waals surface area contributed by atoms with E-state index in [-0.39, 0.29) is 38.1 Å². The SMILES string of the molecule is COC(=O)CCC(=O)N[C@@H](CCC(=O)N1CCCCC1)C(=O)N[C@@H](Cc1ccccc1)[C@@H](O)CNCc1cccc(OC)c1. The van der Waals surface area contributed by atoms with Gasteiger partial charge in [-0.1, -0.05) is 42.5 Å². The number of likely N-dealkylation sites (tertiary alicyclic amines) is 1. The number of aliphatic hydroxyl groups is 1. The molecule has 3 amide bonds. The van der Waals surface area contributed by atoms with Gasteiger partial charge in [0.05, 0.1) is 32.8 Å². The molecule has 11 heteroatoms. The number of nitrogens with zero attached hydrogens (tertiary/aromatic N) is 1. The van der Waals surface area contributed by atoms with Crippen molar-refractivity contribution in [1.29, 1.82) is 0 Å². The van der Waals surface area contributed by atoms with Gasteiger partial charge in [0.1, 0.15) is 11.8 Å². The maximum Gasteiger partial charge on any atom is 0.306 e. The van der Waals surface area contributed by atoms with Crippen molar-refractivity contribution in [2.24, 2.45) is 0 Å². The molecule has 4 N–H and O–H groups in total. The Morgan fingerprint density at radius 3 is 2.32 bits per heavy atom. The van der Waals surface area contributed by atoms with Gasteiger partial charge in [-0.15, -0.1) is 0 Å². The van der Waals surface area contributed by atoms with Crippen LogP contribution in [0, 0.1) is 0 Å². The Morgan fingerprint density at radius 1 is 0.886 bits per heavy atom. The Kier molecular flexibility index (Phi) is 14.6. The predicted molar refractivity (Wildman–Crippen MR) is 166 cm³/mol.